The summed E-state index contributed by atoms with van der Waals surface area (Å²) >= 11 is 0. The number of hydrogen-bond acceptors (Lipinski definition) is 8. The van der Waals surface area contributed by atoms with Crippen molar-refractivity contribution in [2.75, 3.05) is 27.2 Å². The Balaban J connectivity index is 1.07. The number of fused-ring (bicyclic) bond motifs is 2. The van der Waals surface area contributed by atoms with Gasteiger partial charge in [-0.2, -0.15) is 0 Å². The van der Waals surface area contributed by atoms with Crippen LogP contribution >= 0.6 is 0 Å². The fourth-order valence-electron chi connectivity index (χ4n) is 10.1. The molecule has 2 fully saturated rings. The van der Waals surface area contributed by atoms with E-state index in [2.05, 4.69) is 56.2 Å². The highest BCUT2D eigenvalue weighted by Gasteiger charge is 2.39. The number of benzene rings is 2. The van der Waals surface area contributed by atoms with Gasteiger partial charge in [-0.25, -0.2) is 0 Å². The molecule has 2 aliphatic carbocycles. The van der Waals surface area contributed by atoms with Gasteiger partial charge in [-0.05, 0) is 140 Å². The number of nitrogens with one attached hydrogen (secondary N) is 6. The van der Waals surface area contributed by atoms with Crippen LogP contribution in [0.2, 0.25) is 0 Å². The van der Waals surface area contributed by atoms with Crippen molar-refractivity contribution < 1.29 is 28.8 Å². The smallest absolute Gasteiger partial charge is 0.245 e. The second-order valence-electron chi connectivity index (χ2n) is 18.5. The van der Waals surface area contributed by atoms with E-state index in [9.17, 15) is 28.8 Å². The van der Waals surface area contributed by atoms with E-state index in [1.165, 1.54) is 11.1 Å². The number of unbranched alkanes of at least 4 members (excludes halogenated alkanes) is 3. The van der Waals surface area contributed by atoms with Crippen molar-refractivity contribution in [2.24, 2.45) is 0 Å². The molecule has 0 unspecified atom stereocenters. The number of piperidine rings is 2. The lowest BCUT2D eigenvalue weighted by atomic mass is 9.87. The van der Waals surface area contributed by atoms with Crippen LogP contribution in [0.15, 0.2) is 48.5 Å². The van der Waals surface area contributed by atoms with Crippen molar-refractivity contribution in [3.63, 3.8) is 0 Å². The normalized spacial score (nSPS) is 22.7. The molecule has 0 spiro atoms. The molecule has 64 heavy (non-hydrogen) atoms. The van der Waals surface area contributed by atoms with Crippen LogP contribution in [-0.4, -0.2) is 109 Å². The van der Waals surface area contributed by atoms with E-state index < -0.39 is 36.3 Å². The van der Waals surface area contributed by atoms with Gasteiger partial charge in [-0.1, -0.05) is 74.2 Å². The van der Waals surface area contributed by atoms with E-state index in [0.717, 1.165) is 88.2 Å². The van der Waals surface area contributed by atoms with E-state index in [0.29, 0.717) is 51.6 Å². The van der Waals surface area contributed by atoms with Crippen LogP contribution in [0.4, 0.5) is 0 Å². The maximum Gasteiger partial charge on any atom is 0.245 e. The predicted molar refractivity (Wildman–Crippen MR) is 248 cm³/mol. The number of likely N-dealkylation sites (tertiary alicyclic amines) is 2. The van der Waals surface area contributed by atoms with Crippen LogP contribution in [0.25, 0.3) is 0 Å². The van der Waals surface area contributed by atoms with E-state index in [4.69, 9.17) is 0 Å². The van der Waals surface area contributed by atoms with E-state index in [1.807, 2.05) is 24.3 Å². The average Bonchev–Trinajstić information content (AvgIpc) is 3.33. The first kappa shape index (κ1) is 48.6. The highest BCUT2D eigenvalue weighted by Crippen LogP contribution is 2.32. The Morgan fingerprint density at radius 2 is 0.953 bits per heavy atom. The third-order valence-electron chi connectivity index (χ3n) is 14.2. The molecule has 0 saturated carbocycles. The van der Waals surface area contributed by atoms with Gasteiger partial charge in [0.25, 0.3) is 0 Å². The molecular formula is C50H74N8O6. The zero-order valence-electron chi connectivity index (χ0n) is 38.7. The Labute approximate surface area is 380 Å². The monoisotopic (exact) mass is 883 g/mol. The Morgan fingerprint density at radius 3 is 1.36 bits per heavy atom. The van der Waals surface area contributed by atoms with Crippen LogP contribution in [0.5, 0.6) is 0 Å². The van der Waals surface area contributed by atoms with E-state index in [-0.39, 0.29) is 47.5 Å². The molecule has 14 heteroatoms. The first-order valence-corrected chi connectivity index (χ1v) is 24.3. The molecule has 2 aromatic carbocycles. The molecule has 14 nitrogen and oxygen atoms in total. The molecule has 2 aromatic rings. The van der Waals surface area contributed by atoms with Gasteiger partial charge in [0.1, 0.15) is 24.2 Å². The van der Waals surface area contributed by atoms with E-state index in [1.54, 1.807) is 37.7 Å². The summed E-state index contributed by atoms with van der Waals surface area (Å²) in [5.74, 6) is -1.32. The summed E-state index contributed by atoms with van der Waals surface area (Å²) in [5, 5.41) is 18.5. The number of carbonyl (C=O) groups is 6. The fourth-order valence-corrected chi connectivity index (χ4v) is 10.1. The van der Waals surface area contributed by atoms with Crippen LogP contribution in [0, 0.1) is 0 Å². The maximum absolute atomic E-state index is 14.4. The van der Waals surface area contributed by atoms with Gasteiger partial charge in [0.15, 0.2) is 0 Å². The average molecular weight is 883 g/mol. The number of likely N-dealkylation sites (N-methyl/N-ethyl adjacent to an activating group) is 2. The third-order valence-corrected chi connectivity index (χ3v) is 14.2. The van der Waals surface area contributed by atoms with Gasteiger partial charge >= 0.3 is 0 Å². The largest absolute Gasteiger partial charge is 0.347 e. The van der Waals surface area contributed by atoms with Crippen molar-refractivity contribution in [1.82, 2.24) is 41.7 Å². The Bertz CT molecular complexity index is 1790. The van der Waals surface area contributed by atoms with Crippen molar-refractivity contribution >= 4 is 35.4 Å². The van der Waals surface area contributed by atoms with Crippen LogP contribution in [0.1, 0.15) is 151 Å². The van der Waals surface area contributed by atoms with Crippen molar-refractivity contribution in [1.29, 1.82) is 0 Å². The number of hydrogen-bond donors (Lipinski definition) is 6. The lowest BCUT2D eigenvalue weighted by Gasteiger charge is -2.38. The van der Waals surface area contributed by atoms with E-state index >= 15 is 0 Å². The van der Waals surface area contributed by atoms with Crippen LogP contribution in [-0.2, 0) is 41.6 Å². The molecule has 6 N–H and O–H groups in total. The number of aryl methyl sites for hydroxylation is 2. The summed E-state index contributed by atoms with van der Waals surface area (Å²) in [6, 6.07) is 12.5. The van der Waals surface area contributed by atoms with Crippen LogP contribution < -0.4 is 31.9 Å². The van der Waals surface area contributed by atoms with Crippen molar-refractivity contribution in [3.8, 4) is 0 Å². The van der Waals surface area contributed by atoms with Gasteiger partial charge < -0.3 is 41.7 Å². The minimum absolute atomic E-state index is 0.0935. The molecule has 350 valence electrons. The molecule has 0 bridgehead atoms. The lowest BCUT2D eigenvalue weighted by molar-refractivity contribution is -0.145. The first-order chi connectivity index (χ1) is 31.0. The highest BCUT2D eigenvalue weighted by atomic mass is 16.2. The van der Waals surface area contributed by atoms with Gasteiger partial charge in [-0.3, -0.25) is 28.8 Å². The van der Waals surface area contributed by atoms with Gasteiger partial charge in [-0.15, -0.1) is 0 Å². The number of rotatable bonds is 19. The second-order valence-corrected chi connectivity index (χ2v) is 18.5. The Hall–Kier alpha value is -4.82. The SMILES string of the molecule is CN[C@@H](C)C(=O)N[C@@H](CCCCCC[C@H](NC(=O)[C@H](C)NC)C(=O)N1CCCC[C@H]1C(=O)N[C@@H]1CCCc2ccccc21)C(=O)N1CCCC[C@H]1C(=O)N[C@@H]1CCCc2ccccc21. The number of carbonyl (C=O) groups excluding carboxylic acids is 6. The molecule has 8 atom stereocenters. The summed E-state index contributed by atoms with van der Waals surface area (Å²) in [7, 11) is 3.40. The molecule has 2 heterocycles. The zero-order chi connectivity index (χ0) is 45.6. The first-order valence-electron chi connectivity index (χ1n) is 24.3. The quantitative estimate of drug-likeness (QED) is 0.110. The molecule has 6 rings (SSSR count). The molecule has 2 aliphatic heterocycles. The van der Waals surface area contributed by atoms with Gasteiger partial charge in [0.2, 0.25) is 35.4 Å². The summed E-state index contributed by atoms with van der Waals surface area (Å²) in [5.41, 5.74) is 4.80. The standard InChI is InChI=1S/C50H74N8O6/c1-33(51-3)45(59)55-41(49(63)57-31-15-13-29-43(57)47(61)53-39-27-17-21-35-19-9-11-23-37(35)39)25-7-5-6-8-26-42(56-46(60)34(2)52-4)50(64)58-32-16-14-30-44(58)48(62)54-40-28-18-22-36-20-10-12-24-38(36)40/h9-12,19-20,23-24,33-34,39-44,51-52H,5-8,13-18,21-22,25-32H2,1-4H3,(H,53,61)(H,54,62)(H,55,59)(H,56,60)/t33-,34-,39+,40+,41-,42-,43-,44-/m0/s1. The Morgan fingerprint density at radius 1 is 0.547 bits per heavy atom. The zero-order valence-corrected chi connectivity index (χ0v) is 38.7. The molecule has 4 aliphatic rings. The summed E-state index contributed by atoms with van der Waals surface area (Å²) in [6.07, 6.45) is 13.6. The molecule has 0 aromatic heterocycles. The van der Waals surface area contributed by atoms with Crippen molar-refractivity contribution in [2.45, 2.75) is 178 Å². The summed E-state index contributed by atoms with van der Waals surface area (Å²) < 4.78 is 0. The van der Waals surface area contributed by atoms with Gasteiger partial charge in [0, 0.05) is 13.1 Å². The molecule has 0 radical (unpaired) electrons. The topological polar surface area (TPSA) is 181 Å². The second kappa shape index (κ2) is 23.9. The van der Waals surface area contributed by atoms with Gasteiger partial charge in [0.05, 0.1) is 24.2 Å². The summed E-state index contributed by atoms with van der Waals surface area (Å²) in [6.45, 7) is 4.40. The third kappa shape index (κ3) is 12.5. The fraction of sp³-hybridized carbons (Fsp3) is 0.640. The predicted octanol–water partition coefficient (Wildman–Crippen LogP) is 4.66. The van der Waals surface area contributed by atoms with Crippen LogP contribution in [0.3, 0.4) is 0 Å². The molecule has 6 amide bonds. The highest BCUT2D eigenvalue weighted by molar-refractivity contribution is 5.94. The summed E-state index contributed by atoms with van der Waals surface area (Å²) in [4.78, 5) is 86.5. The lowest BCUT2D eigenvalue weighted by Crippen LogP contribution is -2.59. The van der Waals surface area contributed by atoms with Crippen molar-refractivity contribution in [3.05, 3.63) is 70.8 Å². The minimum atomic E-state index is -0.798. The molecular weight excluding hydrogens is 809 g/mol. The number of amides is 6. The Kier molecular flexibility index (Phi) is 18.2. The number of nitrogens with zero attached hydrogens (tertiary/aromatic N) is 2. The minimum Gasteiger partial charge on any atom is -0.347 e. The molecule has 2 saturated heterocycles. The maximum atomic E-state index is 14.4.